The van der Waals surface area contributed by atoms with E-state index in [0.29, 0.717) is 4.47 Å². The van der Waals surface area contributed by atoms with E-state index < -0.39 is 0 Å². The van der Waals surface area contributed by atoms with E-state index in [1.54, 1.807) is 24.5 Å². The molecule has 0 unspecified atom stereocenters. The lowest BCUT2D eigenvalue weighted by molar-refractivity contribution is 0.472. The van der Waals surface area contributed by atoms with E-state index in [2.05, 4.69) is 26.1 Å². The minimum absolute atomic E-state index is 0.235. The van der Waals surface area contributed by atoms with Gasteiger partial charge in [-0.15, -0.1) is 0 Å². The van der Waals surface area contributed by atoms with E-state index in [4.69, 9.17) is 0 Å². The molecule has 0 radical (unpaired) electrons. The van der Waals surface area contributed by atoms with Gasteiger partial charge < -0.3 is 5.11 Å². The average molecular weight is 239 g/mol. The van der Waals surface area contributed by atoms with E-state index in [1.165, 1.54) is 0 Å². The Labute approximate surface area is 83.5 Å². The number of aromatic amines is 1. The summed E-state index contributed by atoms with van der Waals surface area (Å²) in [7, 11) is 0. The number of phenols is 1. The van der Waals surface area contributed by atoms with Crippen molar-refractivity contribution < 1.29 is 5.11 Å². The number of rotatable bonds is 1. The summed E-state index contributed by atoms with van der Waals surface area (Å²) in [6.07, 6.45) is 3.49. The van der Waals surface area contributed by atoms with Crippen molar-refractivity contribution in [3.8, 4) is 16.9 Å². The summed E-state index contributed by atoms with van der Waals surface area (Å²) in [4.78, 5) is 0. The number of nitrogens with zero attached hydrogens (tertiary/aromatic N) is 1. The highest BCUT2D eigenvalue weighted by molar-refractivity contribution is 9.10. The van der Waals surface area contributed by atoms with Crippen molar-refractivity contribution in [3.05, 3.63) is 35.1 Å². The molecule has 1 aromatic heterocycles. The number of nitrogens with one attached hydrogen (secondary N) is 1. The maximum atomic E-state index is 9.42. The van der Waals surface area contributed by atoms with Crippen LogP contribution in [0.4, 0.5) is 0 Å². The molecule has 3 nitrogen and oxygen atoms in total. The molecule has 0 fully saturated rings. The van der Waals surface area contributed by atoms with Crippen LogP contribution in [0.25, 0.3) is 11.1 Å². The van der Waals surface area contributed by atoms with Crippen molar-refractivity contribution in [3.63, 3.8) is 0 Å². The lowest BCUT2D eigenvalue weighted by atomic mass is 10.1. The quantitative estimate of drug-likeness (QED) is 0.803. The van der Waals surface area contributed by atoms with Gasteiger partial charge in [0.1, 0.15) is 5.75 Å². The molecular formula is C9H7BrN2O. The van der Waals surface area contributed by atoms with E-state index in [9.17, 15) is 5.11 Å². The fraction of sp³-hybridized carbons (Fsp3) is 0. The van der Waals surface area contributed by atoms with Crippen LogP contribution in [0, 0.1) is 0 Å². The molecule has 0 saturated heterocycles. The molecule has 0 bridgehead atoms. The maximum Gasteiger partial charge on any atom is 0.130 e. The number of aromatic hydroxyl groups is 1. The van der Waals surface area contributed by atoms with Crippen molar-refractivity contribution in [1.29, 1.82) is 0 Å². The van der Waals surface area contributed by atoms with E-state index in [1.807, 2.05) is 6.07 Å². The van der Waals surface area contributed by atoms with Gasteiger partial charge in [-0.2, -0.15) is 5.10 Å². The molecule has 66 valence electrons. The monoisotopic (exact) mass is 238 g/mol. The van der Waals surface area contributed by atoms with Gasteiger partial charge in [-0.05, 0) is 22.0 Å². The smallest absolute Gasteiger partial charge is 0.130 e. The van der Waals surface area contributed by atoms with Crippen molar-refractivity contribution in [2.24, 2.45) is 0 Å². The second-order valence-electron chi connectivity index (χ2n) is 2.63. The van der Waals surface area contributed by atoms with Gasteiger partial charge in [-0.25, -0.2) is 0 Å². The minimum atomic E-state index is 0.235. The number of hydrogen-bond donors (Lipinski definition) is 2. The first-order chi connectivity index (χ1) is 6.29. The van der Waals surface area contributed by atoms with Crippen LogP contribution in [0.3, 0.4) is 0 Å². The number of H-pyrrole nitrogens is 1. The predicted molar refractivity (Wildman–Crippen MR) is 53.4 cm³/mol. The molecule has 0 atom stereocenters. The molecule has 2 aromatic rings. The first kappa shape index (κ1) is 8.31. The maximum absolute atomic E-state index is 9.42. The molecule has 1 heterocycles. The number of benzene rings is 1. The standard InChI is InChI=1S/C9H7BrN2O/c10-9-7(2-1-3-8(9)13)6-4-11-12-5-6/h1-5,13H,(H,11,12). The van der Waals surface area contributed by atoms with Crippen LogP contribution in [-0.4, -0.2) is 15.3 Å². The van der Waals surface area contributed by atoms with Crippen LogP contribution in [0.1, 0.15) is 0 Å². The number of phenolic OH excluding ortho intramolecular Hbond substituents is 1. The highest BCUT2D eigenvalue weighted by Gasteiger charge is 2.06. The molecule has 2 N–H and O–H groups in total. The second kappa shape index (κ2) is 3.22. The topological polar surface area (TPSA) is 48.9 Å². The fourth-order valence-electron chi connectivity index (χ4n) is 1.14. The molecule has 0 amide bonds. The summed E-state index contributed by atoms with van der Waals surface area (Å²) >= 11 is 3.31. The number of halogens is 1. The Hall–Kier alpha value is -1.29. The normalized spacial score (nSPS) is 10.2. The van der Waals surface area contributed by atoms with Crippen molar-refractivity contribution in [1.82, 2.24) is 10.2 Å². The predicted octanol–water partition coefficient (Wildman–Crippen LogP) is 2.54. The van der Waals surface area contributed by atoms with E-state index in [0.717, 1.165) is 11.1 Å². The van der Waals surface area contributed by atoms with E-state index in [-0.39, 0.29) is 5.75 Å². The zero-order valence-corrected chi connectivity index (χ0v) is 8.25. The molecule has 0 aliphatic carbocycles. The van der Waals surface area contributed by atoms with Crippen LogP contribution in [0.2, 0.25) is 0 Å². The minimum Gasteiger partial charge on any atom is -0.507 e. The molecule has 13 heavy (non-hydrogen) atoms. The van der Waals surface area contributed by atoms with Crippen molar-refractivity contribution >= 4 is 15.9 Å². The molecule has 2 rings (SSSR count). The van der Waals surface area contributed by atoms with Crippen LogP contribution in [-0.2, 0) is 0 Å². The third kappa shape index (κ3) is 1.45. The summed E-state index contributed by atoms with van der Waals surface area (Å²) in [5.41, 5.74) is 1.87. The summed E-state index contributed by atoms with van der Waals surface area (Å²) < 4.78 is 0.691. The summed E-state index contributed by atoms with van der Waals surface area (Å²) in [5, 5.41) is 16.0. The van der Waals surface area contributed by atoms with Gasteiger partial charge in [0.25, 0.3) is 0 Å². The van der Waals surface area contributed by atoms with Crippen LogP contribution in [0.5, 0.6) is 5.75 Å². The second-order valence-corrected chi connectivity index (χ2v) is 3.42. The molecule has 0 saturated carbocycles. The van der Waals surface area contributed by atoms with Gasteiger partial charge in [-0.1, -0.05) is 12.1 Å². The third-order valence-corrected chi connectivity index (χ3v) is 2.62. The highest BCUT2D eigenvalue weighted by Crippen LogP contribution is 2.33. The van der Waals surface area contributed by atoms with Gasteiger partial charge in [-0.3, -0.25) is 5.10 Å². The Morgan fingerprint density at radius 1 is 1.38 bits per heavy atom. The van der Waals surface area contributed by atoms with Crippen LogP contribution in [0.15, 0.2) is 35.1 Å². The highest BCUT2D eigenvalue weighted by atomic mass is 79.9. The lowest BCUT2D eigenvalue weighted by Crippen LogP contribution is -1.76. The zero-order valence-electron chi connectivity index (χ0n) is 6.66. The average Bonchev–Trinajstić information content (AvgIpc) is 2.62. The fourth-order valence-corrected chi connectivity index (χ4v) is 1.63. The Morgan fingerprint density at radius 2 is 2.23 bits per heavy atom. The Morgan fingerprint density at radius 3 is 2.92 bits per heavy atom. The SMILES string of the molecule is Oc1cccc(-c2cn[nH]c2)c1Br. The van der Waals surface area contributed by atoms with Gasteiger partial charge in [0.05, 0.1) is 10.7 Å². The van der Waals surface area contributed by atoms with Crippen molar-refractivity contribution in [2.45, 2.75) is 0 Å². The Balaban J connectivity index is 2.59. The largest absolute Gasteiger partial charge is 0.507 e. The summed E-state index contributed by atoms with van der Waals surface area (Å²) in [6.45, 7) is 0. The Bertz CT molecular complexity index is 412. The van der Waals surface area contributed by atoms with Gasteiger partial charge in [0, 0.05) is 17.3 Å². The number of hydrogen-bond acceptors (Lipinski definition) is 2. The molecular weight excluding hydrogens is 232 g/mol. The molecule has 0 aliphatic rings. The lowest BCUT2D eigenvalue weighted by Gasteiger charge is -2.02. The molecule has 0 aliphatic heterocycles. The summed E-state index contributed by atoms with van der Waals surface area (Å²) in [5.74, 6) is 0.235. The summed E-state index contributed by atoms with van der Waals surface area (Å²) in [6, 6.07) is 5.34. The third-order valence-electron chi connectivity index (χ3n) is 1.79. The van der Waals surface area contributed by atoms with Crippen LogP contribution < -0.4 is 0 Å². The van der Waals surface area contributed by atoms with E-state index >= 15 is 0 Å². The first-order valence-electron chi connectivity index (χ1n) is 3.75. The van der Waals surface area contributed by atoms with Crippen LogP contribution >= 0.6 is 15.9 Å². The number of aromatic nitrogens is 2. The zero-order chi connectivity index (χ0) is 9.26. The Kier molecular flexibility index (Phi) is 2.06. The van der Waals surface area contributed by atoms with Crippen molar-refractivity contribution in [2.75, 3.05) is 0 Å². The van der Waals surface area contributed by atoms with Gasteiger partial charge in [0.15, 0.2) is 0 Å². The first-order valence-corrected chi connectivity index (χ1v) is 4.55. The van der Waals surface area contributed by atoms with Gasteiger partial charge >= 0.3 is 0 Å². The molecule has 0 spiro atoms. The van der Waals surface area contributed by atoms with Gasteiger partial charge in [0.2, 0.25) is 0 Å². The molecule has 4 heteroatoms. The molecule has 1 aromatic carbocycles.